The number of hydrogen-bond donors (Lipinski definition) is 2. The largest absolute Gasteiger partial charge is 0.388 e. The monoisotopic (exact) mass is 397 g/mol. The van der Waals surface area contributed by atoms with E-state index in [2.05, 4.69) is 47.5 Å². The van der Waals surface area contributed by atoms with Gasteiger partial charge in [0, 0.05) is 27.9 Å². The molecule has 0 spiro atoms. The van der Waals surface area contributed by atoms with Crippen LogP contribution in [0.1, 0.15) is 16.1 Å². The molecule has 4 nitrogen and oxygen atoms in total. The Hall–Kier alpha value is -1.40. The topological polar surface area (TPSA) is 54.0 Å². The molecule has 0 saturated heterocycles. The number of carbonyl (C=O) groups is 1. The van der Waals surface area contributed by atoms with Crippen LogP contribution in [0.4, 0.5) is 11.4 Å². The SMILES string of the molecule is CNc1ccnc(C(=O)Nc2c(Br)cc(C)cc2Br)c1. The molecule has 1 aromatic carbocycles. The van der Waals surface area contributed by atoms with Crippen LogP contribution in [0.15, 0.2) is 39.4 Å². The lowest BCUT2D eigenvalue weighted by Crippen LogP contribution is -2.14. The zero-order valence-corrected chi connectivity index (χ0v) is 14.2. The molecule has 0 bridgehead atoms. The number of amides is 1. The van der Waals surface area contributed by atoms with Gasteiger partial charge in [-0.25, -0.2) is 0 Å². The Morgan fingerprint density at radius 1 is 1.20 bits per heavy atom. The molecule has 0 aliphatic rings. The predicted molar refractivity (Wildman–Crippen MR) is 88.3 cm³/mol. The van der Waals surface area contributed by atoms with Crippen molar-refractivity contribution in [3.8, 4) is 0 Å². The van der Waals surface area contributed by atoms with Gasteiger partial charge in [0.1, 0.15) is 5.69 Å². The molecule has 0 aliphatic carbocycles. The van der Waals surface area contributed by atoms with Gasteiger partial charge in [0.2, 0.25) is 0 Å². The van der Waals surface area contributed by atoms with Gasteiger partial charge >= 0.3 is 0 Å². The lowest BCUT2D eigenvalue weighted by atomic mass is 10.2. The molecule has 6 heteroatoms. The van der Waals surface area contributed by atoms with Gasteiger partial charge in [-0.2, -0.15) is 0 Å². The van der Waals surface area contributed by atoms with E-state index in [0.29, 0.717) is 11.4 Å². The minimum atomic E-state index is -0.257. The van der Waals surface area contributed by atoms with Crippen LogP contribution in [0.3, 0.4) is 0 Å². The molecule has 0 unspecified atom stereocenters. The summed E-state index contributed by atoms with van der Waals surface area (Å²) in [6, 6.07) is 7.38. The molecule has 1 heterocycles. The van der Waals surface area contributed by atoms with Crippen molar-refractivity contribution < 1.29 is 4.79 Å². The Morgan fingerprint density at radius 2 is 1.85 bits per heavy atom. The van der Waals surface area contributed by atoms with Crippen LogP contribution in [0.2, 0.25) is 0 Å². The van der Waals surface area contributed by atoms with Crippen LogP contribution in [0.25, 0.3) is 0 Å². The normalized spacial score (nSPS) is 10.2. The Kier molecular flexibility index (Phi) is 4.77. The standard InChI is InChI=1S/C14H13Br2N3O/c1-8-5-10(15)13(11(16)6-8)19-14(20)12-7-9(17-2)3-4-18-12/h3-7H,1-2H3,(H,17,18)(H,19,20). The number of benzene rings is 1. The van der Waals surface area contributed by atoms with Crippen molar-refractivity contribution in [3.63, 3.8) is 0 Å². The number of halogens is 2. The molecule has 0 fully saturated rings. The molecule has 20 heavy (non-hydrogen) atoms. The number of rotatable bonds is 3. The summed E-state index contributed by atoms with van der Waals surface area (Å²) in [5.41, 5.74) is 2.98. The van der Waals surface area contributed by atoms with Crippen molar-refractivity contribution in [2.45, 2.75) is 6.92 Å². The summed E-state index contributed by atoms with van der Waals surface area (Å²) in [7, 11) is 1.80. The summed E-state index contributed by atoms with van der Waals surface area (Å²) >= 11 is 6.90. The van der Waals surface area contributed by atoms with Crippen molar-refractivity contribution in [1.82, 2.24) is 4.98 Å². The molecule has 2 rings (SSSR count). The summed E-state index contributed by atoms with van der Waals surface area (Å²) in [4.78, 5) is 16.3. The third-order valence-electron chi connectivity index (χ3n) is 2.71. The van der Waals surface area contributed by atoms with Crippen molar-refractivity contribution in [2.24, 2.45) is 0 Å². The highest BCUT2D eigenvalue weighted by atomic mass is 79.9. The summed E-state index contributed by atoms with van der Waals surface area (Å²) in [6.45, 7) is 1.99. The summed E-state index contributed by atoms with van der Waals surface area (Å²) in [5.74, 6) is -0.257. The van der Waals surface area contributed by atoms with E-state index in [1.54, 1.807) is 25.4 Å². The van der Waals surface area contributed by atoms with E-state index in [1.807, 2.05) is 19.1 Å². The fourth-order valence-corrected chi connectivity index (χ4v) is 3.32. The van der Waals surface area contributed by atoms with E-state index < -0.39 is 0 Å². The van der Waals surface area contributed by atoms with Gasteiger partial charge in [-0.3, -0.25) is 9.78 Å². The van der Waals surface area contributed by atoms with Gasteiger partial charge < -0.3 is 10.6 Å². The molecule has 0 atom stereocenters. The second-order valence-corrected chi connectivity index (χ2v) is 5.95. The number of nitrogens with one attached hydrogen (secondary N) is 2. The van der Waals surface area contributed by atoms with Gasteiger partial charge in [-0.05, 0) is 68.6 Å². The van der Waals surface area contributed by atoms with E-state index in [1.165, 1.54) is 0 Å². The number of hydrogen-bond acceptors (Lipinski definition) is 3. The second kappa shape index (κ2) is 6.37. The second-order valence-electron chi connectivity index (χ2n) is 4.24. The molecule has 1 amide bonds. The lowest BCUT2D eigenvalue weighted by molar-refractivity contribution is 0.102. The average molecular weight is 399 g/mol. The quantitative estimate of drug-likeness (QED) is 0.814. The molecule has 2 N–H and O–H groups in total. The van der Waals surface area contributed by atoms with Crippen molar-refractivity contribution in [1.29, 1.82) is 0 Å². The molecule has 0 saturated carbocycles. The third-order valence-corrected chi connectivity index (χ3v) is 3.96. The van der Waals surface area contributed by atoms with E-state index >= 15 is 0 Å². The maximum Gasteiger partial charge on any atom is 0.274 e. The maximum absolute atomic E-state index is 12.2. The number of aryl methyl sites for hydroxylation is 1. The first-order valence-electron chi connectivity index (χ1n) is 5.92. The number of aromatic nitrogens is 1. The molecule has 1 aromatic heterocycles. The lowest BCUT2D eigenvalue weighted by Gasteiger charge is -2.11. The maximum atomic E-state index is 12.2. The molecule has 0 radical (unpaired) electrons. The fourth-order valence-electron chi connectivity index (χ4n) is 1.71. The first kappa shape index (κ1) is 15.0. The van der Waals surface area contributed by atoms with Crippen LogP contribution >= 0.6 is 31.9 Å². The highest BCUT2D eigenvalue weighted by Crippen LogP contribution is 2.32. The Morgan fingerprint density at radius 3 is 2.45 bits per heavy atom. The first-order valence-corrected chi connectivity index (χ1v) is 7.50. The van der Waals surface area contributed by atoms with E-state index in [4.69, 9.17) is 0 Å². The zero-order valence-electron chi connectivity index (χ0n) is 11.0. The molecular formula is C14H13Br2N3O. The molecule has 0 aliphatic heterocycles. The van der Waals surface area contributed by atoms with Crippen LogP contribution in [-0.4, -0.2) is 17.9 Å². The highest BCUT2D eigenvalue weighted by molar-refractivity contribution is 9.11. The van der Waals surface area contributed by atoms with Gasteiger partial charge in [-0.15, -0.1) is 0 Å². The average Bonchev–Trinajstić information content (AvgIpc) is 2.42. The fraction of sp³-hybridized carbons (Fsp3) is 0.143. The van der Waals surface area contributed by atoms with Crippen LogP contribution in [-0.2, 0) is 0 Å². The smallest absolute Gasteiger partial charge is 0.274 e. The minimum Gasteiger partial charge on any atom is -0.388 e. The van der Waals surface area contributed by atoms with Gasteiger partial charge in [0.25, 0.3) is 5.91 Å². The third kappa shape index (κ3) is 3.37. The number of nitrogens with zero attached hydrogens (tertiary/aromatic N) is 1. The first-order chi connectivity index (χ1) is 9.51. The summed E-state index contributed by atoms with van der Waals surface area (Å²) in [6.07, 6.45) is 1.60. The van der Waals surface area contributed by atoms with Gasteiger partial charge in [0.15, 0.2) is 0 Å². The van der Waals surface area contributed by atoms with Crippen LogP contribution in [0, 0.1) is 6.92 Å². The highest BCUT2D eigenvalue weighted by Gasteiger charge is 2.13. The molecule has 2 aromatic rings. The van der Waals surface area contributed by atoms with Gasteiger partial charge in [-0.1, -0.05) is 0 Å². The summed E-state index contributed by atoms with van der Waals surface area (Å²) in [5, 5.41) is 5.83. The Labute approximate surface area is 134 Å². The zero-order chi connectivity index (χ0) is 14.7. The number of pyridine rings is 1. The van der Waals surface area contributed by atoms with E-state index in [9.17, 15) is 4.79 Å². The van der Waals surface area contributed by atoms with E-state index in [-0.39, 0.29) is 5.91 Å². The van der Waals surface area contributed by atoms with Crippen LogP contribution in [0.5, 0.6) is 0 Å². The number of anilines is 2. The van der Waals surface area contributed by atoms with Crippen molar-refractivity contribution in [2.75, 3.05) is 17.7 Å². The van der Waals surface area contributed by atoms with Crippen molar-refractivity contribution in [3.05, 3.63) is 50.7 Å². The van der Waals surface area contributed by atoms with Crippen molar-refractivity contribution >= 4 is 49.1 Å². The van der Waals surface area contributed by atoms with Gasteiger partial charge in [0.05, 0.1) is 5.69 Å². The predicted octanol–water partition coefficient (Wildman–Crippen LogP) is 4.21. The molecule has 104 valence electrons. The van der Waals surface area contributed by atoms with Crippen LogP contribution < -0.4 is 10.6 Å². The Balaban J connectivity index is 2.28. The van der Waals surface area contributed by atoms with E-state index in [0.717, 1.165) is 20.2 Å². The Bertz CT molecular complexity index is 636. The summed E-state index contributed by atoms with van der Waals surface area (Å²) < 4.78 is 1.64. The molecular weight excluding hydrogens is 386 g/mol. The minimum absolute atomic E-state index is 0.257. The number of carbonyl (C=O) groups excluding carboxylic acids is 1.